The molecule has 24 heavy (non-hydrogen) atoms. The summed E-state index contributed by atoms with van der Waals surface area (Å²) in [7, 11) is 0. The Hall–Kier alpha value is -3.64. The first-order valence-electron chi connectivity index (χ1n) is 5.22. The van der Waals surface area contributed by atoms with E-state index in [0.717, 1.165) is 0 Å². The SMILES string of the molecule is O.O.O=C(O)/C=C/C(=O)OC(=O)/C=C/C(=O)OC(=O)/C=C/C(=O)O. The summed E-state index contributed by atoms with van der Waals surface area (Å²) in [5, 5.41) is 16.4. The third-order valence-electron chi connectivity index (χ3n) is 1.48. The topological polar surface area (TPSA) is 224 Å². The number of carbonyl (C=O) groups is 6. The Labute approximate surface area is 132 Å². The number of aliphatic carboxylic acids is 2. The van der Waals surface area contributed by atoms with Crippen LogP contribution in [0, 0.1) is 0 Å². The molecule has 0 saturated heterocycles. The van der Waals surface area contributed by atoms with Crippen molar-refractivity contribution in [1.82, 2.24) is 0 Å². The van der Waals surface area contributed by atoms with Crippen LogP contribution in [0.2, 0.25) is 0 Å². The first kappa shape index (κ1) is 25.3. The summed E-state index contributed by atoms with van der Waals surface area (Å²) in [6, 6.07) is 0. The van der Waals surface area contributed by atoms with Crippen LogP contribution in [-0.2, 0) is 38.2 Å². The fourth-order valence-electron chi connectivity index (χ4n) is 0.749. The van der Waals surface area contributed by atoms with Crippen molar-refractivity contribution < 1.29 is 59.4 Å². The van der Waals surface area contributed by atoms with Crippen molar-refractivity contribution in [3.05, 3.63) is 36.5 Å². The number of carboxylic acids is 2. The van der Waals surface area contributed by atoms with Crippen molar-refractivity contribution in [2.45, 2.75) is 0 Å². The Kier molecular flexibility index (Phi) is 13.8. The molecule has 0 aromatic carbocycles. The van der Waals surface area contributed by atoms with E-state index in [4.69, 9.17) is 10.2 Å². The molecule has 0 aliphatic heterocycles. The zero-order valence-corrected chi connectivity index (χ0v) is 11.6. The fourth-order valence-corrected chi connectivity index (χ4v) is 0.749. The molecule has 0 amide bonds. The van der Waals surface area contributed by atoms with E-state index in [1.54, 1.807) is 0 Å². The molecule has 0 bridgehead atoms. The monoisotopic (exact) mass is 348 g/mol. The van der Waals surface area contributed by atoms with Gasteiger partial charge in [0.1, 0.15) is 0 Å². The maximum Gasteiger partial charge on any atom is 0.338 e. The number of carbonyl (C=O) groups excluding carboxylic acids is 4. The maximum atomic E-state index is 11.0. The lowest BCUT2D eigenvalue weighted by molar-refractivity contribution is -0.155. The first-order valence-corrected chi connectivity index (χ1v) is 5.22. The van der Waals surface area contributed by atoms with Gasteiger partial charge in [0, 0.05) is 36.5 Å². The standard InChI is InChI=1S/C12H8O10.2H2O/c13-7(14)1-3-9(17)21-11(19)5-6-12(20)22-10(18)4-2-8(15)16;;/h1-6H,(H,13,14)(H,15,16);2*1H2/b3-1+,4-2+,6-5+;;. The van der Waals surface area contributed by atoms with Gasteiger partial charge in [0.2, 0.25) is 0 Å². The van der Waals surface area contributed by atoms with Gasteiger partial charge in [0.05, 0.1) is 0 Å². The van der Waals surface area contributed by atoms with Crippen LogP contribution >= 0.6 is 0 Å². The van der Waals surface area contributed by atoms with Gasteiger partial charge in [-0.3, -0.25) is 0 Å². The van der Waals surface area contributed by atoms with Crippen LogP contribution in [0.1, 0.15) is 0 Å². The number of hydrogen-bond acceptors (Lipinski definition) is 8. The quantitative estimate of drug-likeness (QED) is 0.287. The number of hydrogen-bond donors (Lipinski definition) is 2. The Morgan fingerprint density at radius 2 is 0.708 bits per heavy atom. The van der Waals surface area contributed by atoms with Gasteiger partial charge in [-0.2, -0.15) is 0 Å². The van der Waals surface area contributed by atoms with Crippen molar-refractivity contribution in [1.29, 1.82) is 0 Å². The van der Waals surface area contributed by atoms with Crippen LogP contribution in [0.4, 0.5) is 0 Å². The highest BCUT2D eigenvalue weighted by atomic mass is 16.6. The average molecular weight is 348 g/mol. The molecule has 0 atom stereocenters. The maximum absolute atomic E-state index is 11.0. The van der Waals surface area contributed by atoms with Gasteiger partial charge < -0.3 is 30.6 Å². The molecule has 0 rings (SSSR count). The molecular weight excluding hydrogens is 336 g/mol. The van der Waals surface area contributed by atoms with E-state index in [-0.39, 0.29) is 11.0 Å². The van der Waals surface area contributed by atoms with Gasteiger partial charge >= 0.3 is 35.8 Å². The molecule has 0 fully saturated rings. The van der Waals surface area contributed by atoms with E-state index in [1.807, 2.05) is 0 Å². The largest absolute Gasteiger partial charge is 0.478 e. The average Bonchev–Trinajstić information content (AvgIpc) is 2.40. The van der Waals surface area contributed by atoms with Crippen LogP contribution in [0.3, 0.4) is 0 Å². The number of carboxylic acid groups (broad SMARTS) is 2. The summed E-state index contributed by atoms with van der Waals surface area (Å²) in [5.74, 6) is -8.07. The van der Waals surface area contributed by atoms with E-state index in [0.29, 0.717) is 36.5 Å². The normalized spacial score (nSPS) is 9.83. The van der Waals surface area contributed by atoms with Crippen molar-refractivity contribution in [2.24, 2.45) is 0 Å². The summed E-state index contributed by atoms with van der Waals surface area (Å²) in [6.07, 6.45) is 2.69. The number of esters is 4. The summed E-state index contributed by atoms with van der Waals surface area (Å²) < 4.78 is 8.07. The molecule has 0 radical (unpaired) electrons. The molecule has 12 nitrogen and oxygen atoms in total. The van der Waals surface area contributed by atoms with E-state index >= 15 is 0 Å². The molecule has 0 aromatic heterocycles. The molecule has 6 N–H and O–H groups in total. The first-order chi connectivity index (χ1) is 10.2. The minimum atomic E-state index is -1.43. The molecule has 0 aromatic rings. The van der Waals surface area contributed by atoms with Crippen LogP contribution in [-0.4, -0.2) is 57.0 Å². The van der Waals surface area contributed by atoms with Crippen LogP contribution < -0.4 is 0 Å². The molecule has 0 aliphatic rings. The van der Waals surface area contributed by atoms with Gasteiger partial charge in [-0.1, -0.05) is 0 Å². The third kappa shape index (κ3) is 14.8. The molecule has 132 valence electrons. The number of ether oxygens (including phenoxy) is 2. The second-order valence-electron chi connectivity index (χ2n) is 3.16. The van der Waals surface area contributed by atoms with Crippen molar-refractivity contribution >= 4 is 35.8 Å². The van der Waals surface area contributed by atoms with Gasteiger partial charge in [-0.05, 0) is 0 Å². The highest BCUT2D eigenvalue weighted by Crippen LogP contribution is 1.90. The van der Waals surface area contributed by atoms with Gasteiger partial charge in [0.25, 0.3) is 0 Å². The lowest BCUT2D eigenvalue weighted by Crippen LogP contribution is -2.11. The summed E-state index contributed by atoms with van der Waals surface area (Å²) in [5.41, 5.74) is 0. The Morgan fingerprint density at radius 3 is 0.917 bits per heavy atom. The Morgan fingerprint density at radius 1 is 0.500 bits per heavy atom. The van der Waals surface area contributed by atoms with Gasteiger partial charge in [-0.25, -0.2) is 28.8 Å². The molecule has 12 heteroatoms. The zero-order chi connectivity index (χ0) is 17.1. The predicted octanol–water partition coefficient (Wildman–Crippen LogP) is -2.69. The summed E-state index contributed by atoms with van der Waals surface area (Å²) >= 11 is 0. The Balaban J connectivity index is -0.00000220. The minimum absolute atomic E-state index is 0. The van der Waals surface area contributed by atoms with Gasteiger partial charge in [-0.15, -0.1) is 0 Å². The van der Waals surface area contributed by atoms with Crippen LogP contribution in [0.15, 0.2) is 36.5 Å². The van der Waals surface area contributed by atoms with Gasteiger partial charge in [0.15, 0.2) is 0 Å². The third-order valence-corrected chi connectivity index (χ3v) is 1.48. The summed E-state index contributed by atoms with van der Waals surface area (Å²) in [6.45, 7) is 0. The molecule has 0 aliphatic carbocycles. The van der Waals surface area contributed by atoms with E-state index in [1.165, 1.54) is 0 Å². The van der Waals surface area contributed by atoms with Crippen molar-refractivity contribution in [3.63, 3.8) is 0 Å². The van der Waals surface area contributed by atoms with Crippen molar-refractivity contribution in [3.8, 4) is 0 Å². The molecule has 0 unspecified atom stereocenters. The Bertz CT molecular complexity index is 543. The van der Waals surface area contributed by atoms with E-state index < -0.39 is 35.8 Å². The highest BCUT2D eigenvalue weighted by molar-refractivity contribution is 6.03. The minimum Gasteiger partial charge on any atom is -0.478 e. The molecule has 0 spiro atoms. The predicted molar refractivity (Wildman–Crippen MR) is 72.1 cm³/mol. The lowest BCUT2D eigenvalue weighted by atomic mass is 10.4. The zero-order valence-electron chi connectivity index (χ0n) is 11.6. The number of rotatable bonds is 6. The highest BCUT2D eigenvalue weighted by Gasteiger charge is 2.08. The molecule has 0 saturated carbocycles. The van der Waals surface area contributed by atoms with E-state index in [9.17, 15) is 28.8 Å². The summed E-state index contributed by atoms with van der Waals surface area (Å²) in [4.78, 5) is 63.9. The molecular formula is C12H12O12. The second kappa shape index (κ2) is 13.1. The van der Waals surface area contributed by atoms with E-state index in [2.05, 4.69) is 9.47 Å². The smallest absolute Gasteiger partial charge is 0.338 e. The second-order valence-corrected chi connectivity index (χ2v) is 3.16. The molecule has 0 heterocycles. The fraction of sp³-hybridized carbons (Fsp3) is 0. The van der Waals surface area contributed by atoms with Crippen LogP contribution in [0.25, 0.3) is 0 Å². The van der Waals surface area contributed by atoms with Crippen molar-refractivity contribution in [2.75, 3.05) is 0 Å². The van der Waals surface area contributed by atoms with Crippen LogP contribution in [0.5, 0.6) is 0 Å². The lowest BCUT2D eigenvalue weighted by Gasteiger charge is -1.95.